The van der Waals surface area contributed by atoms with E-state index in [2.05, 4.69) is 5.32 Å². The second-order valence-corrected chi connectivity index (χ2v) is 9.48. The van der Waals surface area contributed by atoms with Crippen LogP contribution < -0.4 is 5.32 Å². The molecule has 3 rings (SSSR count). The number of carbonyl (C=O) groups is 2. The summed E-state index contributed by atoms with van der Waals surface area (Å²) in [4.78, 5) is 27.8. The number of amides is 2. The molecule has 1 saturated heterocycles. The molecule has 2 aliphatic heterocycles. The monoisotopic (exact) mass is 369 g/mol. The van der Waals surface area contributed by atoms with Crippen molar-refractivity contribution in [2.24, 2.45) is 0 Å². The second-order valence-electron chi connectivity index (χ2n) is 6.04. The smallest absolute Gasteiger partial charge is 0.250 e. The molecule has 1 N–H and O–H groups in total. The van der Waals surface area contributed by atoms with Gasteiger partial charge in [-0.25, -0.2) is 8.42 Å². The fourth-order valence-corrected chi connectivity index (χ4v) is 4.83. The van der Waals surface area contributed by atoms with Gasteiger partial charge >= 0.3 is 0 Å². The van der Waals surface area contributed by atoms with Gasteiger partial charge in [0.15, 0.2) is 4.75 Å². The van der Waals surface area contributed by atoms with E-state index in [9.17, 15) is 18.0 Å². The van der Waals surface area contributed by atoms with Crippen LogP contribution in [0.25, 0.3) is 0 Å². The third-order valence-corrected chi connectivity index (χ3v) is 6.93. The van der Waals surface area contributed by atoms with E-state index >= 15 is 0 Å². The summed E-state index contributed by atoms with van der Waals surface area (Å²) in [6.45, 7) is 2.70. The lowest BCUT2D eigenvalue weighted by molar-refractivity contribution is -0.138. The Balaban J connectivity index is 1.77. The molecule has 9 heteroatoms. The Bertz CT molecular complexity index is 788. The first-order chi connectivity index (χ1) is 11.2. The molecular weight excluding hydrogens is 350 g/mol. The third-order valence-electron chi connectivity index (χ3n) is 4.29. The zero-order valence-corrected chi connectivity index (χ0v) is 15.1. The van der Waals surface area contributed by atoms with Crippen LogP contribution in [-0.4, -0.2) is 66.6 Å². The topological polar surface area (TPSA) is 86.8 Å². The maximum Gasteiger partial charge on any atom is 0.250 e. The highest BCUT2D eigenvalue weighted by Crippen LogP contribution is 2.43. The maximum atomic E-state index is 12.9. The Morgan fingerprint density at radius 2 is 1.83 bits per heavy atom. The molecule has 0 spiro atoms. The summed E-state index contributed by atoms with van der Waals surface area (Å²) in [6.07, 6.45) is 1.16. The van der Waals surface area contributed by atoms with E-state index in [-0.39, 0.29) is 38.0 Å². The lowest BCUT2D eigenvalue weighted by Gasteiger charge is -2.39. The van der Waals surface area contributed by atoms with E-state index in [4.69, 9.17) is 0 Å². The number of rotatable bonds is 2. The van der Waals surface area contributed by atoms with E-state index in [1.54, 1.807) is 17.9 Å². The first-order valence-corrected chi connectivity index (χ1v) is 10.2. The summed E-state index contributed by atoms with van der Waals surface area (Å²) >= 11 is 1.24. The molecule has 0 saturated carbocycles. The molecule has 0 aromatic heterocycles. The highest BCUT2D eigenvalue weighted by molar-refractivity contribution is 8.02. The maximum absolute atomic E-state index is 12.9. The molecule has 1 atom stereocenters. The Hall–Kier alpha value is -1.58. The van der Waals surface area contributed by atoms with Crippen LogP contribution in [-0.2, 0) is 19.6 Å². The van der Waals surface area contributed by atoms with Gasteiger partial charge in [-0.1, -0.05) is 23.9 Å². The van der Waals surface area contributed by atoms with Gasteiger partial charge in [0.1, 0.15) is 0 Å². The fourth-order valence-electron chi connectivity index (χ4n) is 2.83. The number of para-hydroxylation sites is 1. The van der Waals surface area contributed by atoms with Gasteiger partial charge in [-0.3, -0.25) is 9.59 Å². The molecule has 0 bridgehead atoms. The van der Waals surface area contributed by atoms with E-state index in [0.717, 1.165) is 11.2 Å². The second kappa shape index (κ2) is 6.05. The average molecular weight is 369 g/mol. The summed E-state index contributed by atoms with van der Waals surface area (Å²) in [5.41, 5.74) is 0.708. The fraction of sp³-hybridized carbons (Fsp3) is 0.467. The number of anilines is 1. The number of nitrogens with zero attached hydrogens (tertiary/aromatic N) is 2. The van der Waals surface area contributed by atoms with Gasteiger partial charge in [0.05, 0.1) is 11.9 Å². The van der Waals surface area contributed by atoms with Crippen LogP contribution in [0.2, 0.25) is 0 Å². The Labute approximate surface area is 145 Å². The van der Waals surface area contributed by atoms with Gasteiger partial charge in [0.2, 0.25) is 21.8 Å². The zero-order chi connectivity index (χ0) is 17.5. The molecule has 0 aliphatic carbocycles. The average Bonchev–Trinajstić information content (AvgIpc) is 2.54. The normalized spacial score (nSPS) is 25.1. The Morgan fingerprint density at radius 1 is 1.21 bits per heavy atom. The van der Waals surface area contributed by atoms with Crippen LogP contribution >= 0.6 is 11.8 Å². The summed E-state index contributed by atoms with van der Waals surface area (Å²) in [5.74, 6) is -0.630. The van der Waals surface area contributed by atoms with Crippen LogP contribution in [0.15, 0.2) is 29.2 Å². The van der Waals surface area contributed by atoms with Gasteiger partial charge < -0.3 is 10.2 Å². The number of thioether (sulfide) groups is 1. The number of fused-ring (bicyclic) bond motifs is 1. The van der Waals surface area contributed by atoms with Gasteiger partial charge in [-0.2, -0.15) is 4.31 Å². The van der Waals surface area contributed by atoms with Crippen LogP contribution in [0, 0.1) is 0 Å². The van der Waals surface area contributed by atoms with E-state index in [1.807, 2.05) is 18.2 Å². The molecule has 1 fully saturated rings. The number of piperazine rings is 1. The van der Waals surface area contributed by atoms with Crippen LogP contribution in [0.4, 0.5) is 5.69 Å². The Kier molecular flexibility index (Phi) is 4.35. The highest BCUT2D eigenvalue weighted by Gasteiger charge is 2.48. The minimum Gasteiger partial charge on any atom is -0.338 e. The molecule has 0 radical (unpaired) electrons. The number of benzene rings is 1. The molecule has 1 aromatic rings. The first kappa shape index (κ1) is 17.2. The number of hydrogen-bond acceptors (Lipinski definition) is 5. The quantitative estimate of drug-likeness (QED) is 0.771. The van der Waals surface area contributed by atoms with Crippen molar-refractivity contribution < 1.29 is 18.0 Å². The predicted octanol–water partition coefficient (Wildman–Crippen LogP) is 0.593. The van der Waals surface area contributed by atoms with Crippen molar-refractivity contribution in [2.75, 3.05) is 37.8 Å². The molecule has 1 aromatic carbocycles. The SMILES string of the molecule is CC1(C(=O)N2CCN(S(C)(=O)=O)CC2)Sc2ccccc2NC1=O. The van der Waals surface area contributed by atoms with Crippen molar-refractivity contribution in [1.29, 1.82) is 0 Å². The zero-order valence-electron chi connectivity index (χ0n) is 13.5. The molecule has 1 unspecified atom stereocenters. The van der Waals surface area contributed by atoms with E-state index < -0.39 is 14.8 Å². The minimum absolute atomic E-state index is 0.253. The number of hydrogen-bond donors (Lipinski definition) is 1. The van der Waals surface area contributed by atoms with Gasteiger partial charge in [0, 0.05) is 31.1 Å². The Morgan fingerprint density at radius 3 is 2.46 bits per heavy atom. The standard InChI is InChI=1S/C15H19N3O4S2/c1-15(13(19)16-11-5-3-4-6-12(11)23-15)14(20)17-7-9-18(10-8-17)24(2,21)22/h3-6H,7-10H2,1-2H3,(H,16,19). The first-order valence-electron chi connectivity index (χ1n) is 7.56. The largest absolute Gasteiger partial charge is 0.338 e. The number of sulfonamides is 1. The molecule has 7 nitrogen and oxygen atoms in total. The number of carbonyl (C=O) groups excluding carboxylic acids is 2. The van der Waals surface area contributed by atoms with Crippen LogP contribution in [0.5, 0.6) is 0 Å². The minimum atomic E-state index is -3.25. The molecule has 24 heavy (non-hydrogen) atoms. The van der Waals surface area contributed by atoms with Gasteiger partial charge in [-0.15, -0.1) is 0 Å². The molecule has 2 heterocycles. The molecule has 130 valence electrons. The molecule has 2 aliphatic rings. The van der Waals surface area contributed by atoms with Crippen LogP contribution in [0.3, 0.4) is 0 Å². The summed E-state index contributed by atoms with van der Waals surface area (Å²) < 4.78 is 23.2. The molecular formula is C15H19N3O4S2. The highest BCUT2D eigenvalue weighted by atomic mass is 32.2. The van der Waals surface area contributed by atoms with Crippen molar-refractivity contribution in [2.45, 2.75) is 16.6 Å². The van der Waals surface area contributed by atoms with Gasteiger partial charge in [0.25, 0.3) is 0 Å². The van der Waals surface area contributed by atoms with Crippen molar-refractivity contribution in [3.05, 3.63) is 24.3 Å². The number of nitrogens with one attached hydrogen (secondary N) is 1. The lowest BCUT2D eigenvalue weighted by Crippen LogP contribution is -2.58. The van der Waals surface area contributed by atoms with Crippen molar-refractivity contribution in [1.82, 2.24) is 9.21 Å². The lowest BCUT2D eigenvalue weighted by atomic mass is 10.1. The van der Waals surface area contributed by atoms with E-state index in [0.29, 0.717) is 5.69 Å². The molecule has 2 amide bonds. The van der Waals surface area contributed by atoms with Gasteiger partial charge in [-0.05, 0) is 19.1 Å². The van der Waals surface area contributed by atoms with Crippen molar-refractivity contribution in [3.63, 3.8) is 0 Å². The van der Waals surface area contributed by atoms with E-state index in [1.165, 1.54) is 16.1 Å². The van der Waals surface area contributed by atoms with Crippen molar-refractivity contribution in [3.8, 4) is 0 Å². The third kappa shape index (κ3) is 3.03. The summed E-state index contributed by atoms with van der Waals surface area (Å²) in [5, 5.41) is 2.79. The summed E-state index contributed by atoms with van der Waals surface area (Å²) in [6, 6.07) is 7.36. The predicted molar refractivity (Wildman–Crippen MR) is 92.3 cm³/mol. The van der Waals surface area contributed by atoms with Crippen LogP contribution in [0.1, 0.15) is 6.92 Å². The van der Waals surface area contributed by atoms with Crippen molar-refractivity contribution >= 4 is 39.3 Å². The summed E-state index contributed by atoms with van der Waals surface area (Å²) in [7, 11) is -3.25.